The fourth-order valence-electron chi connectivity index (χ4n) is 1.92. The van der Waals surface area contributed by atoms with Crippen LogP contribution in [-0.4, -0.2) is 6.17 Å². The van der Waals surface area contributed by atoms with E-state index in [1.54, 1.807) is 0 Å². The Labute approximate surface area is 69.2 Å². The SMILES string of the molecule is CC(C)(C)[C@H]1CC[C@H](F)CC1. The van der Waals surface area contributed by atoms with Crippen LogP contribution in [0, 0.1) is 11.3 Å². The molecular weight excluding hydrogens is 139 g/mol. The summed E-state index contributed by atoms with van der Waals surface area (Å²) >= 11 is 0. The van der Waals surface area contributed by atoms with Crippen LogP contribution >= 0.6 is 0 Å². The van der Waals surface area contributed by atoms with Crippen LogP contribution in [0.15, 0.2) is 0 Å². The van der Waals surface area contributed by atoms with Gasteiger partial charge in [0.05, 0.1) is 0 Å². The normalized spacial score (nSPS) is 33.8. The quantitative estimate of drug-likeness (QED) is 0.505. The molecule has 0 nitrogen and oxygen atoms in total. The average molecular weight is 158 g/mol. The first-order valence-electron chi connectivity index (χ1n) is 4.64. The molecule has 0 atom stereocenters. The van der Waals surface area contributed by atoms with Crippen molar-refractivity contribution in [1.29, 1.82) is 0 Å². The third-order valence-corrected chi connectivity index (χ3v) is 2.88. The molecule has 66 valence electrons. The van der Waals surface area contributed by atoms with Gasteiger partial charge in [-0.3, -0.25) is 0 Å². The van der Waals surface area contributed by atoms with Gasteiger partial charge in [-0.2, -0.15) is 0 Å². The van der Waals surface area contributed by atoms with Gasteiger partial charge in [0.2, 0.25) is 0 Å². The molecule has 1 fully saturated rings. The number of rotatable bonds is 0. The zero-order valence-corrected chi connectivity index (χ0v) is 7.86. The average Bonchev–Trinajstić information content (AvgIpc) is 1.86. The first-order valence-corrected chi connectivity index (χ1v) is 4.64. The minimum Gasteiger partial charge on any atom is -0.247 e. The number of hydrogen-bond acceptors (Lipinski definition) is 0. The topological polar surface area (TPSA) is 0 Å². The van der Waals surface area contributed by atoms with Crippen molar-refractivity contribution < 1.29 is 4.39 Å². The molecule has 1 rings (SSSR count). The van der Waals surface area contributed by atoms with Crippen LogP contribution < -0.4 is 0 Å². The third kappa shape index (κ3) is 2.46. The Kier molecular flexibility index (Phi) is 2.56. The molecule has 0 amide bonds. The van der Waals surface area contributed by atoms with E-state index in [0.717, 1.165) is 31.6 Å². The summed E-state index contributed by atoms with van der Waals surface area (Å²) in [7, 11) is 0. The lowest BCUT2D eigenvalue weighted by molar-refractivity contribution is 0.127. The first kappa shape index (κ1) is 9.02. The van der Waals surface area contributed by atoms with E-state index in [9.17, 15) is 4.39 Å². The molecule has 0 spiro atoms. The zero-order valence-electron chi connectivity index (χ0n) is 7.86. The van der Waals surface area contributed by atoms with Crippen LogP contribution in [0.4, 0.5) is 4.39 Å². The van der Waals surface area contributed by atoms with Crippen molar-refractivity contribution in [3.8, 4) is 0 Å². The Bertz CT molecular complexity index is 115. The summed E-state index contributed by atoms with van der Waals surface area (Å²) in [6, 6.07) is 0. The summed E-state index contributed by atoms with van der Waals surface area (Å²) in [6.45, 7) is 6.78. The summed E-state index contributed by atoms with van der Waals surface area (Å²) in [4.78, 5) is 0. The minimum atomic E-state index is -0.506. The van der Waals surface area contributed by atoms with Crippen LogP contribution in [-0.2, 0) is 0 Å². The maximum atomic E-state index is 12.7. The summed E-state index contributed by atoms with van der Waals surface area (Å²) in [6.07, 6.45) is 3.26. The molecule has 0 heterocycles. The molecule has 0 aromatic carbocycles. The highest BCUT2D eigenvalue weighted by Crippen LogP contribution is 2.38. The summed E-state index contributed by atoms with van der Waals surface area (Å²) in [5.41, 5.74) is 0.389. The second-order valence-corrected chi connectivity index (χ2v) is 4.81. The van der Waals surface area contributed by atoms with Crippen LogP contribution in [0.5, 0.6) is 0 Å². The Balaban J connectivity index is 2.39. The molecule has 11 heavy (non-hydrogen) atoms. The Morgan fingerprint density at radius 3 is 1.82 bits per heavy atom. The summed E-state index contributed by atoms with van der Waals surface area (Å²) in [5.74, 6) is 0.745. The summed E-state index contributed by atoms with van der Waals surface area (Å²) < 4.78 is 12.7. The van der Waals surface area contributed by atoms with E-state index < -0.39 is 6.17 Å². The lowest BCUT2D eigenvalue weighted by Crippen LogP contribution is -2.26. The molecule has 1 saturated carbocycles. The smallest absolute Gasteiger partial charge is 0.100 e. The highest BCUT2D eigenvalue weighted by molar-refractivity contribution is 4.80. The fourth-order valence-corrected chi connectivity index (χ4v) is 1.92. The molecule has 1 aliphatic rings. The maximum absolute atomic E-state index is 12.7. The molecule has 0 saturated heterocycles. The highest BCUT2D eigenvalue weighted by Gasteiger charge is 2.29. The van der Waals surface area contributed by atoms with E-state index in [0.29, 0.717) is 5.41 Å². The molecule has 1 heteroatoms. The number of hydrogen-bond donors (Lipinski definition) is 0. The predicted octanol–water partition coefficient (Wildman–Crippen LogP) is 3.56. The van der Waals surface area contributed by atoms with Crippen LogP contribution in [0.25, 0.3) is 0 Å². The first-order chi connectivity index (χ1) is 5.00. The fraction of sp³-hybridized carbons (Fsp3) is 1.00. The molecule has 0 bridgehead atoms. The molecule has 0 aliphatic heterocycles. The van der Waals surface area contributed by atoms with E-state index in [1.165, 1.54) is 0 Å². The second-order valence-electron chi connectivity index (χ2n) is 4.81. The van der Waals surface area contributed by atoms with E-state index in [2.05, 4.69) is 20.8 Å². The van der Waals surface area contributed by atoms with Gasteiger partial charge >= 0.3 is 0 Å². The Hall–Kier alpha value is -0.0700. The van der Waals surface area contributed by atoms with Gasteiger partial charge in [0.1, 0.15) is 6.17 Å². The molecule has 1 aliphatic carbocycles. The van der Waals surface area contributed by atoms with E-state index in [-0.39, 0.29) is 0 Å². The van der Waals surface area contributed by atoms with Crippen LogP contribution in [0.1, 0.15) is 46.5 Å². The predicted molar refractivity (Wildman–Crippen MR) is 46.3 cm³/mol. The Morgan fingerprint density at radius 2 is 1.45 bits per heavy atom. The number of alkyl halides is 1. The van der Waals surface area contributed by atoms with E-state index >= 15 is 0 Å². The Morgan fingerprint density at radius 1 is 1.00 bits per heavy atom. The van der Waals surface area contributed by atoms with Gasteiger partial charge < -0.3 is 0 Å². The van der Waals surface area contributed by atoms with Gasteiger partial charge in [-0.15, -0.1) is 0 Å². The van der Waals surface area contributed by atoms with E-state index in [1.807, 2.05) is 0 Å². The monoisotopic (exact) mass is 158 g/mol. The molecule has 0 aromatic heterocycles. The largest absolute Gasteiger partial charge is 0.247 e. The van der Waals surface area contributed by atoms with Crippen molar-refractivity contribution in [2.45, 2.75) is 52.6 Å². The van der Waals surface area contributed by atoms with Crippen LogP contribution in [0.3, 0.4) is 0 Å². The lowest BCUT2D eigenvalue weighted by Gasteiger charge is -2.34. The van der Waals surface area contributed by atoms with Gasteiger partial charge in [0.25, 0.3) is 0 Å². The third-order valence-electron chi connectivity index (χ3n) is 2.88. The van der Waals surface area contributed by atoms with Crippen molar-refractivity contribution >= 4 is 0 Å². The zero-order chi connectivity index (χ0) is 8.48. The minimum absolute atomic E-state index is 0.389. The van der Waals surface area contributed by atoms with Crippen molar-refractivity contribution in [3.05, 3.63) is 0 Å². The second kappa shape index (κ2) is 3.12. The standard InChI is InChI=1S/C10H19F/c1-10(2,3)8-4-6-9(11)7-5-8/h8-9H,4-7H2,1-3H3/t8-,9-. The van der Waals surface area contributed by atoms with Gasteiger partial charge in [-0.05, 0) is 37.0 Å². The van der Waals surface area contributed by atoms with Crippen molar-refractivity contribution in [2.24, 2.45) is 11.3 Å². The molecule has 0 N–H and O–H groups in total. The molecule has 0 radical (unpaired) electrons. The summed E-state index contributed by atoms with van der Waals surface area (Å²) in [5, 5.41) is 0. The highest BCUT2D eigenvalue weighted by atomic mass is 19.1. The van der Waals surface area contributed by atoms with Gasteiger partial charge in [-0.1, -0.05) is 20.8 Å². The maximum Gasteiger partial charge on any atom is 0.100 e. The lowest BCUT2D eigenvalue weighted by atomic mass is 9.72. The molecule has 0 unspecified atom stereocenters. The van der Waals surface area contributed by atoms with E-state index in [4.69, 9.17) is 0 Å². The van der Waals surface area contributed by atoms with Crippen molar-refractivity contribution in [1.82, 2.24) is 0 Å². The van der Waals surface area contributed by atoms with Gasteiger partial charge in [-0.25, -0.2) is 4.39 Å². The van der Waals surface area contributed by atoms with Gasteiger partial charge in [0, 0.05) is 0 Å². The van der Waals surface area contributed by atoms with Crippen LogP contribution in [0.2, 0.25) is 0 Å². The van der Waals surface area contributed by atoms with Gasteiger partial charge in [0.15, 0.2) is 0 Å². The molecule has 0 aromatic rings. The number of halogens is 1. The van der Waals surface area contributed by atoms with Crippen molar-refractivity contribution in [3.63, 3.8) is 0 Å². The van der Waals surface area contributed by atoms with Crippen molar-refractivity contribution in [2.75, 3.05) is 0 Å². The molecular formula is C10H19F.